The first-order chi connectivity index (χ1) is 19.5. The molecule has 0 saturated carbocycles. The molecule has 10 heteroatoms. The van der Waals surface area contributed by atoms with Crippen LogP contribution in [0.3, 0.4) is 0 Å². The molecule has 1 aromatic heterocycles. The average molecular weight is 593 g/mol. The molecule has 0 aliphatic rings. The van der Waals surface area contributed by atoms with E-state index in [4.69, 9.17) is 5.73 Å². The third-order valence-electron chi connectivity index (χ3n) is 6.43. The van der Waals surface area contributed by atoms with Crippen molar-refractivity contribution < 1.29 is 14.4 Å². The number of amides is 3. The molecule has 0 aliphatic carbocycles. The molecule has 0 radical (unpaired) electrons. The van der Waals surface area contributed by atoms with Crippen molar-refractivity contribution in [2.75, 3.05) is 19.4 Å². The molecule has 224 valence electrons. The fourth-order valence-electron chi connectivity index (χ4n) is 3.99. The Morgan fingerprint density at radius 2 is 1.62 bits per heavy atom. The predicted molar refractivity (Wildman–Crippen MR) is 170 cm³/mol. The van der Waals surface area contributed by atoms with Crippen LogP contribution in [0, 0.1) is 0 Å². The number of halogens is 1. The molecule has 42 heavy (non-hydrogen) atoms. The second-order valence-corrected chi connectivity index (χ2v) is 10.7. The number of rotatable bonds is 10. The van der Waals surface area contributed by atoms with Crippen LogP contribution in [-0.4, -0.2) is 58.3 Å². The SMILES string of the molecule is CC(C)(N)C(=O)N[C@H](CCCc1ccccc1)C(=O)Nc1cnc[nH]1.CN(C)C(=O)Cc1ccc2ccccc2c1.Cl. The van der Waals surface area contributed by atoms with Crippen molar-refractivity contribution in [2.24, 2.45) is 5.73 Å². The Balaban J connectivity index is 0.000000313. The lowest BCUT2D eigenvalue weighted by molar-refractivity contribution is -0.129. The highest BCUT2D eigenvalue weighted by molar-refractivity contribution is 5.97. The zero-order chi connectivity index (χ0) is 29.8. The Bertz CT molecular complexity index is 1420. The number of fused-ring (bicyclic) bond motifs is 1. The maximum atomic E-state index is 12.5. The molecule has 1 atom stereocenters. The van der Waals surface area contributed by atoms with Crippen LogP contribution in [0.4, 0.5) is 5.82 Å². The van der Waals surface area contributed by atoms with Crippen molar-refractivity contribution in [3.8, 4) is 0 Å². The molecule has 4 aromatic rings. The molecule has 0 bridgehead atoms. The number of likely N-dealkylation sites (N-methyl/N-ethyl adjacent to an activating group) is 1. The summed E-state index contributed by atoms with van der Waals surface area (Å²) in [5, 5.41) is 7.86. The van der Waals surface area contributed by atoms with Crippen molar-refractivity contribution >= 4 is 46.7 Å². The summed E-state index contributed by atoms with van der Waals surface area (Å²) in [6.45, 7) is 3.21. The number of aryl methyl sites for hydroxylation is 1. The van der Waals surface area contributed by atoms with Gasteiger partial charge < -0.3 is 26.3 Å². The Hall–Kier alpha value is -4.21. The number of hydrogen-bond donors (Lipinski definition) is 4. The van der Waals surface area contributed by atoms with Crippen LogP contribution in [0.2, 0.25) is 0 Å². The van der Waals surface area contributed by atoms with Gasteiger partial charge >= 0.3 is 0 Å². The normalized spacial score (nSPS) is 11.4. The number of nitrogens with two attached hydrogens (primary N) is 1. The number of aromatic amines is 1. The minimum Gasteiger partial charge on any atom is -0.349 e. The lowest BCUT2D eigenvalue weighted by atomic mass is 10.0. The number of nitrogens with one attached hydrogen (secondary N) is 3. The molecule has 0 saturated heterocycles. The summed E-state index contributed by atoms with van der Waals surface area (Å²) in [6.07, 6.45) is 5.55. The molecule has 9 nitrogen and oxygen atoms in total. The van der Waals surface area contributed by atoms with Gasteiger partial charge in [-0.1, -0.05) is 72.8 Å². The van der Waals surface area contributed by atoms with Crippen molar-refractivity contribution in [2.45, 2.75) is 51.1 Å². The second-order valence-electron chi connectivity index (χ2n) is 10.7. The summed E-state index contributed by atoms with van der Waals surface area (Å²) in [7, 11) is 3.56. The van der Waals surface area contributed by atoms with Crippen LogP contribution in [-0.2, 0) is 27.2 Å². The van der Waals surface area contributed by atoms with E-state index >= 15 is 0 Å². The monoisotopic (exact) mass is 592 g/mol. The van der Waals surface area contributed by atoms with Crippen molar-refractivity contribution in [3.05, 3.63) is 96.4 Å². The Morgan fingerprint density at radius 3 is 2.24 bits per heavy atom. The minimum absolute atomic E-state index is 0. The summed E-state index contributed by atoms with van der Waals surface area (Å²) in [5.74, 6) is -0.0403. The van der Waals surface area contributed by atoms with Crippen LogP contribution in [0.15, 0.2) is 85.3 Å². The molecule has 0 aliphatic heterocycles. The number of aromatic nitrogens is 2. The zero-order valence-corrected chi connectivity index (χ0v) is 25.4. The third kappa shape index (κ3) is 11.0. The molecular weight excluding hydrogens is 552 g/mol. The number of anilines is 1. The molecule has 0 fully saturated rings. The average Bonchev–Trinajstić information content (AvgIpc) is 3.45. The van der Waals surface area contributed by atoms with E-state index in [1.165, 1.54) is 28.9 Å². The summed E-state index contributed by atoms with van der Waals surface area (Å²) in [4.78, 5) is 44.5. The molecule has 0 spiro atoms. The summed E-state index contributed by atoms with van der Waals surface area (Å²) >= 11 is 0. The fraction of sp³-hybridized carbons (Fsp3) is 0.312. The van der Waals surface area contributed by atoms with E-state index in [-0.39, 0.29) is 30.1 Å². The number of carbonyl (C=O) groups is 3. The summed E-state index contributed by atoms with van der Waals surface area (Å²) < 4.78 is 0. The summed E-state index contributed by atoms with van der Waals surface area (Å²) in [6, 6.07) is 23.7. The highest BCUT2D eigenvalue weighted by atomic mass is 35.5. The molecule has 3 amide bonds. The van der Waals surface area contributed by atoms with E-state index in [1.54, 1.807) is 32.8 Å². The fourth-order valence-corrected chi connectivity index (χ4v) is 3.99. The molecular formula is C32H41ClN6O3. The highest BCUT2D eigenvalue weighted by Crippen LogP contribution is 2.16. The van der Waals surface area contributed by atoms with Gasteiger partial charge in [0.25, 0.3) is 0 Å². The number of carbonyl (C=O) groups excluding carboxylic acids is 3. The van der Waals surface area contributed by atoms with E-state index in [2.05, 4.69) is 44.9 Å². The largest absolute Gasteiger partial charge is 0.349 e. The number of H-pyrrole nitrogens is 1. The van der Waals surface area contributed by atoms with E-state index in [0.29, 0.717) is 18.7 Å². The third-order valence-corrected chi connectivity index (χ3v) is 6.43. The quantitative estimate of drug-likeness (QED) is 0.215. The van der Waals surface area contributed by atoms with Crippen LogP contribution < -0.4 is 16.4 Å². The van der Waals surface area contributed by atoms with Crippen LogP contribution >= 0.6 is 12.4 Å². The number of nitrogens with zero attached hydrogens (tertiary/aromatic N) is 2. The van der Waals surface area contributed by atoms with Gasteiger partial charge in [0.05, 0.1) is 24.5 Å². The van der Waals surface area contributed by atoms with Gasteiger partial charge in [0.15, 0.2) is 0 Å². The van der Waals surface area contributed by atoms with Crippen LogP contribution in [0.25, 0.3) is 10.8 Å². The maximum absolute atomic E-state index is 12.5. The Morgan fingerprint density at radius 1 is 0.952 bits per heavy atom. The van der Waals surface area contributed by atoms with E-state index in [1.807, 2.05) is 48.5 Å². The minimum atomic E-state index is -1.05. The molecule has 3 aromatic carbocycles. The van der Waals surface area contributed by atoms with Gasteiger partial charge in [-0.2, -0.15) is 0 Å². The summed E-state index contributed by atoms with van der Waals surface area (Å²) in [5.41, 5.74) is 7.04. The van der Waals surface area contributed by atoms with Gasteiger partial charge in [0, 0.05) is 14.1 Å². The maximum Gasteiger partial charge on any atom is 0.248 e. The second kappa shape index (κ2) is 16.3. The predicted octanol–water partition coefficient (Wildman–Crippen LogP) is 4.49. The lowest BCUT2D eigenvalue weighted by Crippen LogP contribution is -2.54. The van der Waals surface area contributed by atoms with Gasteiger partial charge in [-0.15, -0.1) is 12.4 Å². The van der Waals surface area contributed by atoms with Crippen molar-refractivity contribution in [1.29, 1.82) is 0 Å². The molecule has 0 unspecified atom stereocenters. The van der Waals surface area contributed by atoms with E-state index in [0.717, 1.165) is 18.4 Å². The molecule has 1 heterocycles. The smallest absolute Gasteiger partial charge is 0.248 e. The first-order valence-corrected chi connectivity index (χ1v) is 13.6. The first kappa shape index (κ1) is 34.0. The standard InChI is InChI=1S/C18H25N5O2.C14H15NO.ClH/c1-18(2,19)17(25)22-14(16(24)23-15-11-20-12-21-15)10-6-9-13-7-4-3-5-8-13;1-15(2)14(16)10-11-7-8-12-5-3-4-6-13(12)9-11;/h3-5,7-8,11-12,14H,6,9-10,19H2,1-2H3,(H,20,21)(H,22,25)(H,23,24);3-9H,10H2,1-2H3;1H/t14-;;/m1../s1. The molecule has 4 rings (SSSR count). The number of hydrogen-bond acceptors (Lipinski definition) is 5. The van der Waals surface area contributed by atoms with Crippen LogP contribution in [0.5, 0.6) is 0 Å². The zero-order valence-electron chi connectivity index (χ0n) is 24.6. The van der Waals surface area contributed by atoms with Gasteiger partial charge in [-0.3, -0.25) is 14.4 Å². The van der Waals surface area contributed by atoms with Gasteiger partial charge in [0.1, 0.15) is 11.9 Å². The van der Waals surface area contributed by atoms with Crippen molar-refractivity contribution in [3.63, 3.8) is 0 Å². The van der Waals surface area contributed by atoms with Gasteiger partial charge in [-0.25, -0.2) is 4.98 Å². The first-order valence-electron chi connectivity index (χ1n) is 13.6. The van der Waals surface area contributed by atoms with Gasteiger partial charge in [-0.05, 0) is 55.0 Å². The van der Waals surface area contributed by atoms with Crippen LogP contribution in [0.1, 0.15) is 37.8 Å². The molecule has 5 N–H and O–H groups in total. The van der Waals surface area contributed by atoms with Crippen molar-refractivity contribution in [1.82, 2.24) is 20.2 Å². The topological polar surface area (TPSA) is 133 Å². The Labute approximate surface area is 253 Å². The van der Waals surface area contributed by atoms with Gasteiger partial charge in [0.2, 0.25) is 17.7 Å². The highest BCUT2D eigenvalue weighted by Gasteiger charge is 2.28. The van der Waals surface area contributed by atoms with E-state index < -0.39 is 11.6 Å². The number of imidazole rings is 1. The Kier molecular flexibility index (Phi) is 13.2. The number of benzene rings is 3. The van der Waals surface area contributed by atoms with E-state index in [9.17, 15) is 14.4 Å². The lowest BCUT2D eigenvalue weighted by Gasteiger charge is -2.23.